The van der Waals surface area contributed by atoms with Crippen LogP contribution in [-0.4, -0.2) is 58.5 Å². The topological polar surface area (TPSA) is 101 Å². The summed E-state index contributed by atoms with van der Waals surface area (Å²) in [6.07, 6.45) is 0.882. The zero-order chi connectivity index (χ0) is 23.1. The highest BCUT2D eigenvalue weighted by molar-refractivity contribution is 6.05. The van der Waals surface area contributed by atoms with Crippen LogP contribution >= 0.6 is 0 Å². The summed E-state index contributed by atoms with van der Waals surface area (Å²) >= 11 is 0. The molecule has 2 fully saturated rings. The summed E-state index contributed by atoms with van der Waals surface area (Å²) < 4.78 is 6.95. The van der Waals surface area contributed by atoms with Crippen molar-refractivity contribution in [3.8, 4) is 5.75 Å². The Bertz CT molecular complexity index is 1160. The fraction of sp³-hybridized carbons (Fsp3) is 0.417. The zero-order valence-corrected chi connectivity index (χ0v) is 18.4. The lowest BCUT2D eigenvalue weighted by atomic mass is 9.83. The van der Waals surface area contributed by atoms with E-state index in [1.807, 2.05) is 10.6 Å². The van der Waals surface area contributed by atoms with Crippen LogP contribution in [0.4, 0.5) is 4.79 Å². The summed E-state index contributed by atoms with van der Waals surface area (Å²) in [6.45, 7) is 1.81. The van der Waals surface area contributed by atoms with Gasteiger partial charge in [-0.3, -0.25) is 19.3 Å². The monoisotopic (exact) mass is 450 g/mol. The van der Waals surface area contributed by atoms with Crippen LogP contribution in [0.5, 0.6) is 5.75 Å². The predicted octanol–water partition coefficient (Wildman–Crippen LogP) is 1.31. The minimum atomic E-state index is -0.861. The second-order valence-electron chi connectivity index (χ2n) is 8.98. The van der Waals surface area contributed by atoms with Gasteiger partial charge in [-0.1, -0.05) is 18.2 Å². The van der Waals surface area contributed by atoms with Gasteiger partial charge in [0.25, 0.3) is 11.5 Å². The lowest BCUT2D eigenvalue weighted by molar-refractivity contribution is -0.137. The van der Waals surface area contributed by atoms with E-state index in [1.165, 1.54) is 0 Å². The van der Waals surface area contributed by atoms with E-state index < -0.39 is 18.0 Å². The molecule has 3 aliphatic rings. The fourth-order valence-electron chi connectivity index (χ4n) is 5.18. The number of ether oxygens (including phenoxy) is 1. The number of benzene rings is 1. The van der Waals surface area contributed by atoms with Gasteiger partial charge in [0, 0.05) is 37.3 Å². The van der Waals surface area contributed by atoms with Crippen LogP contribution < -0.4 is 15.6 Å². The Morgan fingerprint density at radius 3 is 2.61 bits per heavy atom. The van der Waals surface area contributed by atoms with Crippen molar-refractivity contribution < 1.29 is 19.1 Å². The first kappa shape index (κ1) is 21.2. The number of carbonyl (C=O) groups excluding carboxylic acids is 3. The lowest BCUT2D eigenvalue weighted by Gasteiger charge is -2.43. The Balaban J connectivity index is 1.23. The Morgan fingerprint density at radius 2 is 1.85 bits per heavy atom. The Kier molecular flexibility index (Phi) is 5.39. The predicted molar refractivity (Wildman–Crippen MR) is 119 cm³/mol. The largest absolute Gasteiger partial charge is 0.497 e. The number of pyridine rings is 1. The highest BCUT2D eigenvalue weighted by Crippen LogP contribution is 2.35. The molecule has 2 aromatic rings. The summed E-state index contributed by atoms with van der Waals surface area (Å²) in [5, 5.41) is 2.66. The van der Waals surface area contributed by atoms with Gasteiger partial charge in [-0.2, -0.15) is 0 Å². The van der Waals surface area contributed by atoms with Crippen LogP contribution in [-0.2, 0) is 22.7 Å². The highest BCUT2D eigenvalue weighted by Gasteiger charge is 2.41. The third kappa shape index (κ3) is 3.99. The molecule has 0 spiro atoms. The molecule has 1 N–H and O–H groups in total. The number of likely N-dealkylation sites (tertiary alicyclic amines) is 1. The summed E-state index contributed by atoms with van der Waals surface area (Å²) in [5.74, 6) is 0.467. The molecule has 2 saturated heterocycles. The molecule has 9 nitrogen and oxygen atoms in total. The van der Waals surface area contributed by atoms with E-state index in [0.29, 0.717) is 25.4 Å². The van der Waals surface area contributed by atoms with E-state index in [-0.39, 0.29) is 36.3 Å². The van der Waals surface area contributed by atoms with E-state index in [4.69, 9.17) is 4.74 Å². The number of rotatable bonds is 5. The molecular formula is C24H26N4O5. The van der Waals surface area contributed by atoms with E-state index in [9.17, 15) is 19.2 Å². The number of urea groups is 1. The SMILES string of the molecule is COc1ccc(CN2C(=O)N[C@H](CC(=O)N3C[C@H]4C[C@@H](C3)c3cccc(=O)n3C4)C2=O)cc1. The number of carbonyl (C=O) groups is 3. The quantitative estimate of drug-likeness (QED) is 0.693. The summed E-state index contributed by atoms with van der Waals surface area (Å²) in [6, 6.07) is 11.1. The second-order valence-corrected chi connectivity index (χ2v) is 8.98. The van der Waals surface area contributed by atoms with Crippen molar-refractivity contribution in [1.82, 2.24) is 19.7 Å². The fourth-order valence-corrected chi connectivity index (χ4v) is 5.18. The molecule has 2 bridgehead atoms. The molecule has 3 atom stereocenters. The number of methoxy groups -OCH3 is 1. The van der Waals surface area contributed by atoms with Crippen LogP contribution in [0.2, 0.25) is 0 Å². The molecule has 0 radical (unpaired) electrons. The number of hydrogen-bond acceptors (Lipinski definition) is 5. The van der Waals surface area contributed by atoms with Gasteiger partial charge >= 0.3 is 6.03 Å². The molecule has 4 heterocycles. The molecule has 1 aromatic carbocycles. The number of aromatic nitrogens is 1. The number of imide groups is 1. The Hall–Kier alpha value is -3.62. The molecule has 1 aromatic heterocycles. The number of hydrogen-bond donors (Lipinski definition) is 1. The molecule has 0 saturated carbocycles. The molecule has 0 aliphatic carbocycles. The van der Waals surface area contributed by atoms with Gasteiger partial charge < -0.3 is 19.5 Å². The Morgan fingerprint density at radius 1 is 1.06 bits per heavy atom. The molecule has 172 valence electrons. The summed E-state index contributed by atoms with van der Waals surface area (Å²) in [4.78, 5) is 53.5. The van der Waals surface area contributed by atoms with E-state index >= 15 is 0 Å². The van der Waals surface area contributed by atoms with Gasteiger partial charge in [0.2, 0.25) is 5.91 Å². The minimum Gasteiger partial charge on any atom is -0.497 e. The van der Waals surface area contributed by atoms with Crippen molar-refractivity contribution in [1.29, 1.82) is 0 Å². The van der Waals surface area contributed by atoms with Crippen molar-refractivity contribution in [3.05, 3.63) is 64.1 Å². The van der Waals surface area contributed by atoms with Crippen molar-refractivity contribution in [2.24, 2.45) is 5.92 Å². The molecule has 0 unspecified atom stereocenters. The molecular weight excluding hydrogens is 424 g/mol. The van der Waals surface area contributed by atoms with Gasteiger partial charge in [-0.15, -0.1) is 0 Å². The molecule has 9 heteroatoms. The number of amides is 4. The zero-order valence-electron chi connectivity index (χ0n) is 18.4. The highest BCUT2D eigenvalue weighted by atomic mass is 16.5. The van der Waals surface area contributed by atoms with E-state index in [2.05, 4.69) is 5.32 Å². The van der Waals surface area contributed by atoms with Crippen LogP contribution in [0, 0.1) is 5.92 Å². The van der Waals surface area contributed by atoms with Gasteiger partial charge in [-0.05, 0) is 36.1 Å². The summed E-state index contributed by atoms with van der Waals surface area (Å²) in [5.41, 5.74) is 1.76. The maximum absolute atomic E-state index is 13.1. The van der Waals surface area contributed by atoms with Crippen LogP contribution in [0.25, 0.3) is 0 Å². The van der Waals surface area contributed by atoms with Gasteiger partial charge in [0.15, 0.2) is 0 Å². The van der Waals surface area contributed by atoms with E-state index in [1.54, 1.807) is 48.4 Å². The second kappa shape index (κ2) is 8.38. The minimum absolute atomic E-state index is 0.00167. The molecule has 5 rings (SSSR count). The van der Waals surface area contributed by atoms with Gasteiger partial charge in [0.05, 0.1) is 20.1 Å². The number of nitrogens with zero attached hydrogens (tertiary/aromatic N) is 3. The van der Waals surface area contributed by atoms with E-state index in [0.717, 1.165) is 22.6 Å². The number of fused-ring (bicyclic) bond motifs is 4. The maximum Gasteiger partial charge on any atom is 0.325 e. The normalized spacial score (nSPS) is 23.8. The average Bonchev–Trinajstić information content (AvgIpc) is 3.07. The smallest absolute Gasteiger partial charge is 0.325 e. The van der Waals surface area contributed by atoms with Crippen LogP contribution in [0.3, 0.4) is 0 Å². The Labute approximate surface area is 190 Å². The van der Waals surface area contributed by atoms with Crippen molar-refractivity contribution in [2.75, 3.05) is 20.2 Å². The average molecular weight is 450 g/mol. The van der Waals surface area contributed by atoms with Gasteiger partial charge in [0.1, 0.15) is 11.8 Å². The number of nitrogens with one attached hydrogen (secondary N) is 1. The van der Waals surface area contributed by atoms with Gasteiger partial charge in [-0.25, -0.2) is 4.79 Å². The standard InChI is InChI=1S/C24H26N4O5/c1-33-18-7-5-15(6-8-18)12-28-23(31)19(25-24(28)32)10-22(30)26-11-16-9-17(14-26)20-3-2-4-21(29)27(20)13-16/h2-8,16-17,19H,9-14H2,1H3,(H,25,32)/t16-,17+,19-/m1/s1. The molecule has 33 heavy (non-hydrogen) atoms. The lowest BCUT2D eigenvalue weighted by Crippen LogP contribution is -2.50. The first-order valence-corrected chi connectivity index (χ1v) is 11.1. The molecule has 4 amide bonds. The maximum atomic E-state index is 13.1. The van der Waals surface area contributed by atoms with Crippen molar-refractivity contribution >= 4 is 17.8 Å². The third-order valence-corrected chi connectivity index (χ3v) is 6.82. The number of piperidine rings is 1. The molecule has 3 aliphatic heterocycles. The first-order valence-electron chi connectivity index (χ1n) is 11.1. The van der Waals surface area contributed by atoms with Crippen molar-refractivity contribution in [3.63, 3.8) is 0 Å². The summed E-state index contributed by atoms with van der Waals surface area (Å²) in [7, 11) is 1.57. The third-order valence-electron chi connectivity index (χ3n) is 6.82. The van der Waals surface area contributed by atoms with Crippen LogP contribution in [0.15, 0.2) is 47.3 Å². The van der Waals surface area contributed by atoms with Crippen molar-refractivity contribution in [2.45, 2.75) is 37.9 Å². The first-order chi connectivity index (χ1) is 15.9. The van der Waals surface area contributed by atoms with Crippen LogP contribution in [0.1, 0.15) is 30.0 Å².